The first-order valence-corrected chi connectivity index (χ1v) is 7.87. The van der Waals surface area contributed by atoms with Crippen LogP contribution in [-0.2, 0) is 17.6 Å². The summed E-state index contributed by atoms with van der Waals surface area (Å²) in [5.74, 6) is -0.346. The summed E-state index contributed by atoms with van der Waals surface area (Å²) < 4.78 is 0. The maximum atomic E-state index is 11.5. The van der Waals surface area contributed by atoms with Gasteiger partial charge < -0.3 is 10.4 Å². The van der Waals surface area contributed by atoms with E-state index in [0.29, 0.717) is 5.95 Å². The second-order valence-electron chi connectivity index (χ2n) is 5.59. The van der Waals surface area contributed by atoms with E-state index in [0.717, 1.165) is 49.9 Å². The second-order valence-corrected chi connectivity index (χ2v) is 5.59. The highest BCUT2D eigenvalue weighted by Gasteiger charge is 2.30. The van der Waals surface area contributed by atoms with Gasteiger partial charge in [-0.1, -0.05) is 33.1 Å². The molecule has 1 aromatic heterocycles. The van der Waals surface area contributed by atoms with Crippen LogP contribution in [-0.4, -0.2) is 32.3 Å². The fraction of sp³-hybridized carbons (Fsp3) is 0.733. The molecule has 2 rings (SSSR count). The molecule has 1 aromatic rings. The number of aromatic nitrogens is 3. The van der Waals surface area contributed by atoms with Crippen molar-refractivity contribution in [3.63, 3.8) is 0 Å². The average Bonchev–Trinajstić information content (AvgIpc) is 2.52. The quantitative estimate of drug-likeness (QED) is 0.837. The number of hydrogen-bond donors (Lipinski definition) is 2. The molecule has 1 atom stereocenters. The summed E-state index contributed by atoms with van der Waals surface area (Å²) in [6.07, 6.45) is 6.86. The number of aliphatic carboxylic acids is 1. The van der Waals surface area contributed by atoms with E-state index in [1.165, 1.54) is 6.42 Å². The zero-order valence-corrected chi connectivity index (χ0v) is 12.8. The van der Waals surface area contributed by atoms with Crippen molar-refractivity contribution in [1.82, 2.24) is 15.2 Å². The topological polar surface area (TPSA) is 88.0 Å². The molecule has 6 heteroatoms. The zero-order valence-electron chi connectivity index (χ0n) is 12.8. The van der Waals surface area contributed by atoms with Gasteiger partial charge in [0, 0.05) is 0 Å². The fourth-order valence-electron chi connectivity index (χ4n) is 2.99. The molecule has 1 unspecified atom stereocenters. The molecule has 0 saturated heterocycles. The molecule has 116 valence electrons. The summed E-state index contributed by atoms with van der Waals surface area (Å²) in [6, 6.07) is -0.621. The van der Waals surface area contributed by atoms with Gasteiger partial charge in [-0.25, -0.2) is 9.78 Å². The summed E-state index contributed by atoms with van der Waals surface area (Å²) >= 11 is 0. The number of nitrogens with zero attached hydrogens (tertiary/aromatic N) is 3. The van der Waals surface area contributed by atoms with Crippen LogP contribution in [0.4, 0.5) is 5.95 Å². The van der Waals surface area contributed by atoms with E-state index < -0.39 is 12.0 Å². The van der Waals surface area contributed by atoms with E-state index in [-0.39, 0.29) is 5.92 Å². The van der Waals surface area contributed by atoms with Gasteiger partial charge in [0.1, 0.15) is 6.04 Å². The van der Waals surface area contributed by atoms with Gasteiger partial charge in [0.05, 0.1) is 11.4 Å². The van der Waals surface area contributed by atoms with Crippen molar-refractivity contribution in [3.8, 4) is 0 Å². The van der Waals surface area contributed by atoms with E-state index in [1.807, 2.05) is 13.8 Å². The predicted molar refractivity (Wildman–Crippen MR) is 80.2 cm³/mol. The molecule has 0 radical (unpaired) electrons. The third-order valence-corrected chi connectivity index (χ3v) is 4.18. The lowest BCUT2D eigenvalue weighted by Crippen LogP contribution is -2.38. The first-order valence-electron chi connectivity index (χ1n) is 7.87. The number of carboxylic acid groups (broad SMARTS) is 1. The number of nitrogens with one attached hydrogen (secondary N) is 1. The first-order chi connectivity index (χ1) is 10.2. The van der Waals surface area contributed by atoms with Gasteiger partial charge in [-0.15, -0.1) is 5.10 Å². The second kappa shape index (κ2) is 7.33. The van der Waals surface area contributed by atoms with Crippen molar-refractivity contribution in [2.24, 2.45) is 5.92 Å². The summed E-state index contributed by atoms with van der Waals surface area (Å²) in [5, 5.41) is 20.7. The molecule has 0 bridgehead atoms. The molecule has 0 spiro atoms. The number of carbonyl (C=O) groups is 1. The van der Waals surface area contributed by atoms with Gasteiger partial charge in [0.15, 0.2) is 0 Å². The zero-order chi connectivity index (χ0) is 15.2. The molecule has 0 aliphatic heterocycles. The molecular weight excluding hydrogens is 268 g/mol. The van der Waals surface area contributed by atoms with Gasteiger partial charge in [-0.2, -0.15) is 5.10 Å². The van der Waals surface area contributed by atoms with Crippen LogP contribution in [0, 0.1) is 5.92 Å². The largest absolute Gasteiger partial charge is 0.480 e. The maximum Gasteiger partial charge on any atom is 0.326 e. The Labute approximate surface area is 125 Å². The molecule has 0 aromatic carbocycles. The third-order valence-electron chi connectivity index (χ3n) is 4.18. The van der Waals surface area contributed by atoms with Gasteiger partial charge in [0.2, 0.25) is 5.95 Å². The molecule has 21 heavy (non-hydrogen) atoms. The molecule has 1 saturated carbocycles. The van der Waals surface area contributed by atoms with Crippen molar-refractivity contribution >= 4 is 11.9 Å². The summed E-state index contributed by atoms with van der Waals surface area (Å²) in [7, 11) is 0. The van der Waals surface area contributed by atoms with Crippen molar-refractivity contribution < 1.29 is 9.90 Å². The van der Waals surface area contributed by atoms with Crippen molar-refractivity contribution in [3.05, 3.63) is 11.4 Å². The maximum absolute atomic E-state index is 11.5. The van der Waals surface area contributed by atoms with Crippen LogP contribution in [0.1, 0.15) is 57.3 Å². The number of anilines is 1. The van der Waals surface area contributed by atoms with E-state index in [9.17, 15) is 9.90 Å². The first kappa shape index (κ1) is 15.7. The minimum Gasteiger partial charge on any atom is -0.480 e. The van der Waals surface area contributed by atoms with Crippen LogP contribution in [0.5, 0.6) is 0 Å². The number of rotatable bonds is 6. The van der Waals surface area contributed by atoms with Crippen LogP contribution in [0.2, 0.25) is 0 Å². The summed E-state index contributed by atoms with van der Waals surface area (Å²) in [4.78, 5) is 16.0. The van der Waals surface area contributed by atoms with E-state index >= 15 is 0 Å². The highest BCUT2D eigenvalue weighted by atomic mass is 16.4. The highest BCUT2D eigenvalue weighted by Crippen LogP contribution is 2.28. The van der Waals surface area contributed by atoms with Crippen LogP contribution in [0.3, 0.4) is 0 Å². The standard InChI is InChI=1S/C15H24N4O2/c1-3-11-12(4-2)18-19-15(16-11)17-13(14(20)21)10-8-6-5-7-9-10/h10,13H,3-9H2,1-2H3,(H,20,21)(H,16,17,19). The Hall–Kier alpha value is -1.72. The minimum absolute atomic E-state index is 0.149. The van der Waals surface area contributed by atoms with E-state index in [2.05, 4.69) is 20.5 Å². The normalized spacial score (nSPS) is 17.4. The summed E-state index contributed by atoms with van der Waals surface area (Å²) in [6.45, 7) is 4.03. The smallest absolute Gasteiger partial charge is 0.326 e. The lowest BCUT2D eigenvalue weighted by atomic mass is 9.84. The Morgan fingerprint density at radius 3 is 2.43 bits per heavy atom. The Morgan fingerprint density at radius 1 is 1.19 bits per heavy atom. The molecular formula is C15H24N4O2. The monoisotopic (exact) mass is 292 g/mol. The van der Waals surface area contributed by atoms with Crippen LogP contribution in [0.15, 0.2) is 0 Å². The van der Waals surface area contributed by atoms with Crippen molar-refractivity contribution in [2.75, 3.05) is 5.32 Å². The molecule has 1 aliphatic carbocycles. The van der Waals surface area contributed by atoms with Crippen LogP contribution < -0.4 is 5.32 Å². The molecule has 0 amide bonds. The number of hydrogen-bond acceptors (Lipinski definition) is 5. The minimum atomic E-state index is -0.830. The van der Waals surface area contributed by atoms with Crippen LogP contribution in [0.25, 0.3) is 0 Å². The van der Waals surface area contributed by atoms with Gasteiger partial charge >= 0.3 is 5.97 Å². The molecule has 1 heterocycles. The molecule has 1 fully saturated rings. The van der Waals surface area contributed by atoms with Gasteiger partial charge in [0.25, 0.3) is 0 Å². The van der Waals surface area contributed by atoms with Crippen molar-refractivity contribution in [1.29, 1.82) is 0 Å². The Kier molecular flexibility index (Phi) is 5.47. The predicted octanol–water partition coefficient (Wildman–Crippen LogP) is 2.44. The third kappa shape index (κ3) is 3.89. The Balaban J connectivity index is 2.14. The Bertz CT molecular complexity index is 487. The Morgan fingerprint density at radius 2 is 1.86 bits per heavy atom. The lowest BCUT2D eigenvalue weighted by molar-refractivity contribution is -0.139. The number of aryl methyl sites for hydroxylation is 2. The van der Waals surface area contributed by atoms with Crippen molar-refractivity contribution in [2.45, 2.75) is 64.8 Å². The highest BCUT2D eigenvalue weighted by molar-refractivity contribution is 5.77. The van der Waals surface area contributed by atoms with Crippen LogP contribution >= 0.6 is 0 Å². The van der Waals surface area contributed by atoms with E-state index in [1.54, 1.807) is 0 Å². The molecule has 1 aliphatic rings. The van der Waals surface area contributed by atoms with E-state index in [4.69, 9.17) is 0 Å². The summed E-state index contributed by atoms with van der Waals surface area (Å²) in [5.41, 5.74) is 1.77. The van der Waals surface area contributed by atoms with Gasteiger partial charge in [-0.05, 0) is 31.6 Å². The molecule has 2 N–H and O–H groups in total. The van der Waals surface area contributed by atoms with Gasteiger partial charge in [-0.3, -0.25) is 0 Å². The SMILES string of the molecule is CCc1nnc(NC(C(=O)O)C2CCCCC2)nc1CC. The average molecular weight is 292 g/mol. The fourth-order valence-corrected chi connectivity index (χ4v) is 2.99. The number of carboxylic acids is 1. The molecule has 6 nitrogen and oxygen atoms in total. The lowest BCUT2D eigenvalue weighted by Gasteiger charge is -2.27.